The van der Waals surface area contributed by atoms with Gasteiger partial charge in [-0.2, -0.15) is 0 Å². The molecule has 1 aromatic rings. The first-order valence-electron chi connectivity index (χ1n) is 7.80. The molecule has 116 valence electrons. The zero-order chi connectivity index (χ0) is 15.2. The molecular weight excluding hydrogens is 264 g/mol. The molecule has 1 aliphatic heterocycles. The molecule has 1 fully saturated rings. The van der Waals surface area contributed by atoms with Crippen molar-refractivity contribution in [2.45, 2.75) is 32.2 Å². The van der Waals surface area contributed by atoms with E-state index < -0.39 is 11.9 Å². The quantitative estimate of drug-likeness (QED) is 0.808. The van der Waals surface area contributed by atoms with Crippen LogP contribution in [0, 0.1) is 5.92 Å². The average Bonchev–Trinajstić information content (AvgIpc) is 2.93. The molecule has 2 atom stereocenters. The van der Waals surface area contributed by atoms with Crippen LogP contribution in [0.3, 0.4) is 0 Å². The minimum Gasteiger partial charge on any atom is -0.481 e. The molecule has 4 nitrogen and oxygen atoms in total. The third kappa shape index (κ3) is 4.55. The van der Waals surface area contributed by atoms with Crippen LogP contribution in [0.25, 0.3) is 0 Å². The molecule has 0 aliphatic carbocycles. The van der Waals surface area contributed by atoms with Gasteiger partial charge >= 0.3 is 5.97 Å². The smallest absolute Gasteiger partial charge is 0.312 e. The first-order valence-corrected chi connectivity index (χ1v) is 7.80. The fourth-order valence-electron chi connectivity index (χ4n) is 2.96. The number of benzene rings is 1. The number of likely N-dealkylation sites (tertiary alicyclic amines) is 1. The van der Waals surface area contributed by atoms with Crippen LogP contribution < -0.4 is 5.32 Å². The van der Waals surface area contributed by atoms with Crippen LogP contribution in [-0.4, -0.2) is 48.2 Å². The number of aliphatic carboxylic acids is 1. The molecule has 1 aromatic carbocycles. The van der Waals surface area contributed by atoms with Crippen LogP contribution in [0.1, 0.15) is 31.7 Å². The van der Waals surface area contributed by atoms with E-state index in [0.29, 0.717) is 18.5 Å². The van der Waals surface area contributed by atoms with Crippen LogP contribution in [0.15, 0.2) is 30.3 Å². The second kappa shape index (κ2) is 7.57. The Bertz CT molecular complexity index is 447. The molecule has 2 rings (SSSR count). The van der Waals surface area contributed by atoms with Crippen molar-refractivity contribution in [3.8, 4) is 0 Å². The van der Waals surface area contributed by atoms with Gasteiger partial charge in [-0.05, 0) is 44.8 Å². The highest BCUT2D eigenvalue weighted by Gasteiger charge is 2.25. The van der Waals surface area contributed by atoms with E-state index in [0.717, 1.165) is 25.2 Å². The first-order chi connectivity index (χ1) is 10.1. The number of nitrogens with one attached hydrogen (secondary N) is 1. The number of carboxylic acid groups (broad SMARTS) is 1. The SMILES string of the molecule is CC(C)N1CCC(CNCC(C(=O)O)c2ccccc2)C1. The van der Waals surface area contributed by atoms with Crippen molar-refractivity contribution in [1.82, 2.24) is 10.2 Å². The van der Waals surface area contributed by atoms with Crippen molar-refractivity contribution in [3.05, 3.63) is 35.9 Å². The van der Waals surface area contributed by atoms with Crippen LogP contribution >= 0.6 is 0 Å². The van der Waals surface area contributed by atoms with Crippen molar-refractivity contribution in [2.24, 2.45) is 5.92 Å². The molecule has 0 radical (unpaired) electrons. The number of nitrogens with zero attached hydrogens (tertiary/aromatic N) is 1. The maximum Gasteiger partial charge on any atom is 0.312 e. The van der Waals surface area contributed by atoms with E-state index in [4.69, 9.17) is 0 Å². The third-order valence-corrected chi connectivity index (χ3v) is 4.33. The molecule has 0 saturated carbocycles. The maximum atomic E-state index is 11.4. The van der Waals surface area contributed by atoms with Crippen molar-refractivity contribution in [2.75, 3.05) is 26.2 Å². The summed E-state index contributed by atoms with van der Waals surface area (Å²) in [5.41, 5.74) is 0.868. The third-order valence-electron chi connectivity index (χ3n) is 4.33. The lowest BCUT2D eigenvalue weighted by atomic mass is 9.99. The standard InChI is InChI=1S/C17H26N2O2/c1-13(2)19-9-8-14(12-19)10-18-11-16(17(20)21)15-6-4-3-5-7-15/h3-7,13-14,16,18H,8-12H2,1-2H3,(H,20,21). The van der Waals surface area contributed by atoms with Gasteiger partial charge in [0.25, 0.3) is 0 Å². The lowest BCUT2D eigenvalue weighted by molar-refractivity contribution is -0.138. The fraction of sp³-hybridized carbons (Fsp3) is 0.588. The molecule has 2 unspecified atom stereocenters. The molecule has 21 heavy (non-hydrogen) atoms. The highest BCUT2D eigenvalue weighted by molar-refractivity contribution is 5.76. The summed E-state index contributed by atoms with van der Waals surface area (Å²) in [7, 11) is 0. The summed E-state index contributed by atoms with van der Waals surface area (Å²) in [6.07, 6.45) is 1.20. The Kier molecular flexibility index (Phi) is 5.76. The van der Waals surface area contributed by atoms with Gasteiger partial charge in [0.2, 0.25) is 0 Å². The monoisotopic (exact) mass is 290 g/mol. The lowest BCUT2D eigenvalue weighted by Gasteiger charge is -2.20. The average molecular weight is 290 g/mol. The van der Waals surface area contributed by atoms with Gasteiger partial charge in [-0.1, -0.05) is 30.3 Å². The lowest BCUT2D eigenvalue weighted by Crippen LogP contribution is -2.33. The molecule has 0 bridgehead atoms. The van der Waals surface area contributed by atoms with Crippen molar-refractivity contribution >= 4 is 5.97 Å². The molecule has 2 N–H and O–H groups in total. The van der Waals surface area contributed by atoms with E-state index in [-0.39, 0.29) is 0 Å². The fourth-order valence-corrected chi connectivity index (χ4v) is 2.96. The predicted octanol–water partition coefficient (Wildman–Crippen LogP) is 2.17. The minimum absolute atomic E-state index is 0.464. The normalized spacial score (nSPS) is 20.8. The van der Waals surface area contributed by atoms with Gasteiger partial charge in [0.1, 0.15) is 0 Å². The summed E-state index contributed by atoms with van der Waals surface area (Å²) in [5, 5.41) is 12.7. The van der Waals surface area contributed by atoms with Crippen molar-refractivity contribution in [3.63, 3.8) is 0 Å². The van der Waals surface area contributed by atoms with E-state index in [1.807, 2.05) is 30.3 Å². The van der Waals surface area contributed by atoms with E-state index in [1.165, 1.54) is 6.42 Å². The molecule has 0 amide bonds. The van der Waals surface area contributed by atoms with Gasteiger partial charge < -0.3 is 15.3 Å². The van der Waals surface area contributed by atoms with E-state index in [2.05, 4.69) is 24.1 Å². The van der Waals surface area contributed by atoms with Gasteiger partial charge in [0, 0.05) is 19.1 Å². The van der Waals surface area contributed by atoms with Crippen LogP contribution in [-0.2, 0) is 4.79 Å². The van der Waals surface area contributed by atoms with Crippen LogP contribution in [0.5, 0.6) is 0 Å². The van der Waals surface area contributed by atoms with E-state index in [1.54, 1.807) is 0 Å². The summed E-state index contributed by atoms with van der Waals surface area (Å²) < 4.78 is 0. The molecule has 1 aliphatic rings. The summed E-state index contributed by atoms with van der Waals surface area (Å²) in [5.74, 6) is -0.588. The Hall–Kier alpha value is -1.39. The Morgan fingerprint density at radius 1 is 1.38 bits per heavy atom. The van der Waals surface area contributed by atoms with E-state index in [9.17, 15) is 9.90 Å². The van der Waals surface area contributed by atoms with Crippen molar-refractivity contribution < 1.29 is 9.90 Å². The van der Waals surface area contributed by atoms with Crippen molar-refractivity contribution in [1.29, 1.82) is 0 Å². The second-order valence-electron chi connectivity index (χ2n) is 6.20. The topological polar surface area (TPSA) is 52.6 Å². The van der Waals surface area contributed by atoms with Gasteiger partial charge in [0.05, 0.1) is 5.92 Å². The zero-order valence-electron chi connectivity index (χ0n) is 13.0. The number of hydrogen-bond acceptors (Lipinski definition) is 3. The Labute approximate surface area is 127 Å². The summed E-state index contributed by atoms with van der Waals surface area (Å²) in [6.45, 7) is 8.13. The molecular formula is C17H26N2O2. The van der Waals surface area contributed by atoms with Gasteiger partial charge in [0.15, 0.2) is 0 Å². The van der Waals surface area contributed by atoms with E-state index >= 15 is 0 Å². The summed E-state index contributed by atoms with van der Waals surface area (Å²) in [6, 6.07) is 10.1. The minimum atomic E-state index is -0.760. The number of carbonyl (C=O) groups is 1. The Balaban J connectivity index is 1.80. The summed E-state index contributed by atoms with van der Waals surface area (Å²) >= 11 is 0. The molecule has 0 spiro atoms. The van der Waals surface area contributed by atoms with Gasteiger partial charge in [-0.3, -0.25) is 4.79 Å². The summed E-state index contributed by atoms with van der Waals surface area (Å²) in [4.78, 5) is 13.9. The molecule has 0 aromatic heterocycles. The zero-order valence-corrected chi connectivity index (χ0v) is 13.0. The number of carboxylic acids is 1. The predicted molar refractivity (Wildman–Crippen MR) is 84.5 cm³/mol. The molecule has 1 heterocycles. The van der Waals surface area contributed by atoms with Crippen LogP contribution in [0.4, 0.5) is 0 Å². The van der Waals surface area contributed by atoms with Gasteiger partial charge in [-0.25, -0.2) is 0 Å². The Morgan fingerprint density at radius 2 is 2.10 bits per heavy atom. The van der Waals surface area contributed by atoms with Crippen LogP contribution in [0.2, 0.25) is 0 Å². The molecule has 1 saturated heterocycles. The second-order valence-corrected chi connectivity index (χ2v) is 6.20. The van der Waals surface area contributed by atoms with Gasteiger partial charge in [-0.15, -0.1) is 0 Å². The highest BCUT2D eigenvalue weighted by atomic mass is 16.4. The first kappa shape index (κ1) is 16.0. The maximum absolute atomic E-state index is 11.4. The molecule has 4 heteroatoms. The number of hydrogen-bond donors (Lipinski definition) is 2. The Morgan fingerprint density at radius 3 is 2.67 bits per heavy atom. The number of rotatable bonds is 7. The largest absolute Gasteiger partial charge is 0.481 e. The highest BCUT2D eigenvalue weighted by Crippen LogP contribution is 2.19.